The van der Waals surface area contributed by atoms with Gasteiger partial charge in [0, 0.05) is 29.5 Å². The first-order valence-electron chi connectivity index (χ1n) is 6.03. The van der Waals surface area contributed by atoms with E-state index >= 15 is 0 Å². The SMILES string of the molecule is CC1CCCCN1c1cc(N)cc(C(F)F)c1. The zero-order chi connectivity index (χ0) is 12.4. The summed E-state index contributed by atoms with van der Waals surface area (Å²) in [5.74, 6) is 0. The number of anilines is 2. The average Bonchev–Trinajstić information content (AvgIpc) is 2.28. The second-order valence-corrected chi connectivity index (χ2v) is 4.70. The fourth-order valence-electron chi connectivity index (χ4n) is 2.43. The molecule has 0 aromatic heterocycles. The minimum Gasteiger partial charge on any atom is -0.399 e. The Labute approximate surface area is 100 Å². The summed E-state index contributed by atoms with van der Waals surface area (Å²) in [6, 6.07) is 5.09. The number of hydrogen-bond donors (Lipinski definition) is 1. The van der Waals surface area contributed by atoms with Crippen molar-refractivity contribution in [3.05, 3.63) is 23.8 Å². The van der Waals surface area contributed by atoms with Crippen molar-refractivity contribution in [3.63, 3.8) is 0 Å². The molecule has 1 aliphatic heterocycles. The molecule has 0 radical (unpaired) electrons. The summed E-state index contributed by atoms with van der Waals surface area (Å²) >= 11 is 0. The van der Waals surface area contributed by atoms with Crippen LogP contribution in [0.1, 0.15) is 38.2 Å². The highest BCUT2D eigenvalue weighted by Crippen LogP contribution is 2.30. The third-order valence-electron chi connectivity index (χ3n) is 3.35. The van der Waals surface area contributed by atoms with Gasteiger partial charge < -0.3 is 10.6 Å². The quantitative estimate of drug-likeness (QED) is 0.800. The second-order valence-electron chi connectivity index (χ2n) is 4.70. The van der Waals surface area contributed by atoms with Gasteiger partial charge in [0.2, 0.25) is 0 Å². The van der Waals surface area contributed by atoms with Crippen LogP contribution in [0.4, 0.5) is 20.2 Å². The molecule has 1 heterocycles. The zero-order valence-electron chi connectivity index (χ0n) is 10.00. The first-order valence-corrected chi connectivity index (χ1v) is 6.03. The van der Waals surface area contributed by atoms with Gasteiger partial charge in [0.1, 0.15) is 0 Å². The first-order chi connectivity index (χ1) is 8.08. The van der Waals surface area contributed by atoms with Gasteiger partial charge in [-0.15, -0.1) is 0 Å². The van der Waals surface area contributed by atoms with Crippen LogP contribution >= 0.6 is 0 Å². The molecule has 2 nitrogen and oxygen atoms in total. The van der Waals surface area contributed by atoms with Crippen LogP contribution in [0.15, 0.2) is 18.2 Å². The molecule has 2 rings (SSSR count). The highest BCUT2D eigenvalue weighted by atomic mass is 19.3. The fraction of sp³-hybridized carbons (Fsp3) is 0.538. The van der Waals surface area contributed by atoms with Gasteiger partial charge in [-0.25, -0.2) is 8.78 Å². The van der Waals surface area contributed by atoms with Crippen LogP contribution in [0.5, 0.6) is 0 Å². The van der Waals surface area contributed by atoms with E-state index in [4.69, 9.17) is 5.73 Å². The van der Waals surface area contributed by atoms with E-state index in [0.29, 0.717) is 11.7 Å². The van der Waals surface area contributed by atoms with Gasteiger partial charge in [0.25, 0.3) is 6.43 Å². The Bertz CT molecular complexity index is 393. The van der Waals surface area contributed by atoms with Crippen LogP contribution in [0.2, 0.25) is 0 Å². The molecule has 1 aromatic rings. The van der Waals surface area contributed by atoms with Crippen molar-refractivity contribution in [1.29, 1.82) is 0 Å². The number of rotatable bonds is 2. The number of nitrogen functional groups attached to an aromatic ring is 1. The number of hydrogen-bond acceptors (Lipinski definition) is 2. The molecule has 4 heteroatoms. The van der Waals surface area contributed by atoms with Crippen molar-refractivity contribution >= 4 is 11.4 Å². The van der Waals surface area contributed by atoms with E-state index in [1.807, 2.05) is 0 Å². The maximum atomic E-state index is 12.7. The summed E-state index contributed by atoms with van der Waals surface area (Å²) < 4.78 is 25.4. The summed E-state index contributed by atoms with van der Waals surface area (Å²) in [5.41, 5.74) is 6.94. The summed E-state index contributed by atoms with van der Waals surface area (Å²) in [6.45, 7) is 3.05. The largest absolute Gasteiger partial charge is 0.399 e. The van der Waals surface area contributed by atoms with Gasteiger partial charge in [-0.05, 0) is 44.4 Å². The predicted octanol–water partition coefficient (Wildman–Crippen LogP) is 3.59. The number of nitrogens with zero attached hydrogens (tertiary/aromatic N) is 1. The van der Waals surface area contributed by atoms with Crippen LogP contribution < -0.4 is 10.6 Å². The summed E-state index contributed by atoms with van der Waals surface area (Å²) in [4.78, 5) is 2.17. The van der Waals surface area contributed by atoms with Gasteiger partial charge in [-0.1, -0.05) is 0 Å². The monoisotopic (exact) mass is 240 g/mol. The fourth-order valence-corrected chi connectivity index (χ4v) is 2.43. The number of benzene rings is 1. The van der Waals surface area contributed by atoms with Crippen LogP contribution in [0.25, 0.3) is 0 Å². The third kappa shape index (κ3) is 2.68. The molecule has 0 saturated carbocycles. The van der Waals surface area contributed by atoms with E-state index in [9.17, 15) is 8.78 Å². The molecule has 0 spiro atoms. The molecule has 0 amide bonds. The van der Waals surface area contributed by atoms with Crippen molar-refractivity contribution in [3.8, 4) is 0 Å². The van der Waals surface area contributed by atoms with Gasteiger partial charge >= 0.3 is 0 Å². The molecule has 0 bridgehead atoms. The summed E-state index contributed by atoms with van der Waals surface area (Å²) in [5, 5.41) is 0. The second kappa shape index (κ2) is 4.90. The van der Waals surface area contributed by atoms with Crippen LogP contribution in [-0.2, 0) is 0 Å². The number of piperidine rings is 1. The standard InChI is InChI=1S/C13H18F2N2/c1-9-4-2-3-5-17(9)12-7-10(13(14)15)6-11(16)8-12/h6-9,13H,2-5,16H2,1H3. The summed E-state index contributed by atoms with van der Waals surface area (Å²) in [6.07, 6.45) is 0.973. The topological polar surface area (TPSA) is 29.3 Å². The van der Waals surface area contributed by atoms with E-state index in [0.717, 1.165) is 25.1 Å². The van der Waals surface area contributed by atoms with Crippen molar-refractivity contribution in [1.82, 2.24) is 0 Å². The third-order valence-corrected chi connectivity index (χ3v) is 3.35. The highest BCUT2D eigenvalue weighted by Gasteiger charge is 2.20. The van der Waals surface area contributed by atoms with Crippen molar-refractivity contribution in [2.24, 2.45) is 0 Å². The van der Waals surface area contributed by atoms with Crippen LogP contribution in [0.3, 0.4) is 0 Å². The van der Waals surface area contributed by atoms with E-state index in [1.54, 1.807) is 12.1 Å². The minimum absolute atomic E-state index is 0.0118. The lowest BCUT2D eigenvalue weighted by Crippen LogP contribution is -2.37. The Morgan fingerprint density at radius 2 is 2.06 bits per heavy atom. The van der Waals surface area contributed by atoms with Crippen molar-refractivity contribution in [2.45, 2.75) is 38.7 Å². The molecule has 1 unspecified atom stereocenters. The van der Waals surface area contributed by atoms with E-state index in [-0.39, 0.29) is 5.56 Å². The molecular formula is C13H18F2N2. The van der Waals surface area contributed by atoms with Crippen LogP contribution in [-0.4, -0.2) is 12.6 Å². The Kier molecular flexibility index (Phi) is 3.50. The zero-order valence-corrected chi connectivity index (χ0v) is 10.00. The molecule has 1 fully saturated rings. The maximum absolute atomic E-state index is 12.7. The molecule has 17 heavy (non-hydrogen) atoms. The van der Waals surface area contributed by atoms with Gasteiger partial charge in [-0.3, -0.25) is 0 Å². The lowest BCUT2D eigenvalue weighted by Gasteiger charge is -2.35. The first kappa shape index (κ1) is 12.1. The van der Waals surface area contributed by atoms with E-state index in [1.165, 1.54) is 12.5 Å². The molecule has 94 valence electrons. The van der Waals surface area contributed by atoms with E-state index in [2.05, 4.69) is 11.8 Å². The molecule has 1 atom stereocenters. The van der Waals surface area contributed by atoms with Gasteiger partial charge in [-0.2, -0.15) is 0 Å². The number of alkyl halides is 2. The normalized spacial score (nSPS) is 20.9. The Morgan fingerprint density at radius 3 is 2.71 bits per heavy atom. The molecule has 2 N–H and O–H groups in total. The van der Waals surface area contributed by atoms with Gasteiger partial charge in [0.05, 0.1) is 0 Å². The summed E-state index contributed by atoms with van der Waals surface area (Å²) in [7, 11) is 0. The van der Waals surface area contributed by atoms with Gasteiger partial charge in [0.15, 0.2) is 0 Å². The smallest absolute Gasteiger partial charge is 0.263 e. The van der Waals surface area contributed by atoms with E-state index < -0.39 is 6.43 Å². The lowest BCUT2D eigenvalue weighted by molar-refractivity contribution is 0.151. The molecular weight excluding hydrogens is 222 g/mol. The van der Waals surface area contributed by atoms with Crippen molar-refractivity contribution in [2.75, 3.05) is 17.2 Å². The maximum Gasteiger partial charge on any atom is 0.263 e. The molecule has 1 saturated heterocycles. The Morgan fingerprint density at radius 1 is 1.29 bits per heavy atom. The average molecular weight is 240 g/mol. The van der Waals surface area contributed by atoms with Crippen LogP contribution in [0, 0.1) is 0 Å². The number of nitrogens with two attached hydrogens (primary N) is 1. The Hall–Kier alpha value is -1.32. The molecule has 1 aromatic carbocycles. The predicted molar refractivity (Wildman–Crippen MR) is 66.5 cm³/mol. The minimum atomic E-state index is -2.46. The van der Waals surface area contributed by atoms with Crippen molar-refractivity contribution < 1.29 is 8.78 Å². The molecule has 0 aliphatic carbocycles. The molecule has 1 aliphatic rings. The Balaban J connectivity index is 2.30. The lowest BCUT2D eigenvalue weighted by atomic mass is 10.0. The highest BCUT2D eigenvalue weighted by molar-refractivity contribution is 5.59. The number of halogens is 2.